The van der Waals surface area contributed by atoms with Crippen LogP contribution in [-0.4, -0.2) is 15.8 Å². The lowest BCUT2D eigenvalue weighted by Gasteiger charge is -2.23. The summed E-state index contributed by atoms with van der Waals surface area (Å²) in [6.45, 7) is 1.93. The van der Waals surface area contributed by atoms with E-state index in [0.717, 1.165) is 16.7 Å². The predicted octanol–water partition coefficient (Wildman–Crippen LogP) is 3.86. The van der Waals surface area contributed by atoms with Crippen LogP contribution >= 0.6 is 0 Å². The Balaban J connectivity index is 2.03. The molecular formula is C25H20O2. The third-order valence-corrected chi connectivity index (χ3v) is 4.10. The maximum absolute atomic E-state index is 11.1. The molecule has 0 amide bonds. The number of benzene rings is 3. The van der Waals surface area contributed by atoms with Crippen LogP contribution in [0.1, 0.15) is 28.4 Å². The maximum atomic E-state index is 11.1. The Kier molecular flexibility index (Phi) is 5.74. The van der Waals surface area contributed by atoms with E-state index in [-0.39, 0.29) is 0 Å². The molecule has 27 heavy (non-hydrogen) atoms. The van der Waals surface area contributed by atoms with E-state index in [2.05, 4.69) is 23.7 Å². The van der Waals surface area contributed by atoms with Crippen molar-refractivity contribution in [2.45, 2.75) is 18.6 Å². The van der Waals surface area contributed by atoms with E-state index in [4.69, 9.17) is 0 Å². The molecule has 3 rings (SSSR count). The van der Waals surface area contributed by atoms with Crippen LogP contribution in [0.25, 0.3) is 0 Å². The first-order valence-electron chi connectivity index (χ1n) is 8.70. The van der Waals surface area contributed by atoms with Crippen molar-refractivity contribution in [1.82, 2.24) is 0 Å². The minimum Gasteiger partial charge on any atom is -0.383 e. The average molecular weight is 352 g/mol. The molecule has 0 aliphatic heterocycles. The van der Waals surface area contributed by atoms with Crippen molar-refractivity contribution < 1.29 is 10.2 Å². The van der Waals surface area contributed by atoms with E-state index in [1.165, 1.54) is 0 Å². The predicted molar refractivity (Wildman–Crippen MR) is 108 cm³/mol. The molecule has 0 radical (unpaired) electrons. The summed E-state index contributed by atoms with van der Waals surface area (Å²) in [5.41, 5.74) is 1.14. The Hall–Kier alpha value is -3.30. The van der Waals surface area contributed by atoms with Crippen LogP contribution in [0.5, 0.6) is 0 Å². The fraction of sp³-hybridized carbons (Fsp3) is 0.120. The first-order chi connectivity index (χ1) is 13.1. The van der Waals surface area contributed by atoms with Gasteiger partial charge in [-0.1, -0.05) is 78.1 Å². The summed E-state index contributed by atoms with van der Waals surface area (Å²) in [4.78, 5) is 0. The van der Waals surface area contributed by atoms with Gasteiger partial charge in [-0.05, 0) is 48.6 Å². The van der Waals surface area contributed by atoms with Gasteiger partial charge in [-0.15, -0.1) is 0 Å². The van der Waals surface area contributed by atoms with Crippen LogP contribution in [0, 0.1) is 30.6 Å². The van der Waals surface area contributed by atoms with Gasteiger partial charge < -0.3 is 10.2 Å². The molecule has 0 bridgehead atoms. The second kappa shape index (κ2) is 8.39. The highest BCUT2D eigenvalue weighted by molar-refractivity contribution is 5.46. The zero-order valence-electron chi connectivity index (χ0n) is 15.1. The van der Waals surface area contributed by atoms with E-state index in [1.807, 2.05) is 85.8 Å². The van der Waals surface area contributed by atoms with Gasteiger partial charge in [0.05, 0.1) is 0 Å². The Morgan fingerprint density at radius 2 is 1.26 bits per heavy atom. The third kappa shape index (κ3) is 4.87. The minimum atomic E-state index is -1.90. The Morgan fingerprint density at radius 1 is 0.741 bits per heavy atom. The number of hydrogen-bond donors (Lipinski definition) is 2. The van der Waals surface area contributed by atoms with Gasteiger partial charge in [0.1, 0.15) is 6.10 Å². The number of hydrogen-bond acceptors (Lipinski definition) is 2. The molecule has 2 N–H and O–H groups in total. The van der Waals surface area contributed by atoms with Crippen molar-refractivity contribution in [2.75, 3.05) is 0 Å². The van der Waals surface area contributed by atoms with Crippen LogP contribution in [0.15, 0.2) is 84.9 Å². The van der Waals surface area contributed by atoms with Crippen LogP contribution in [0.3, 0.4) is 0 Å². The van der Waals surface area contributed by atoms with E-state index in [0.29, 0.717) is 5.56 Å². The maximum Gasteiger partial charge on any atom is 0.218 e. The second-order valence-corrected chi connectivity index (χ2v) is 6.32. The molecule has 0 aromatic heterocycles. The fourth-order valence-electron chi connectivity index (χ4n) is 2.63. The molecule has 0 saturated heterocycles. The number of rotatable bonds is 2. The molecule has 3 aromatic carbocycles. The molecule has 0 aliphatic rings. The lowest BCUT2D eigenvalue weighted by atomic mass is 9.90. The molecule has 0 aliphatic carbocycles. The molecule has 2 nitrogen and oxygen atoms in total. The van der Waals surface area contributed by atoms with Gasteiger partial charge in [0.25, 0.3) is 0 Å². The highest BCUT2D eigenvalue weighted by Gasteiger charge is 2.33. The highest BCUT2D eigenvalue weighted by Crippen LogP contribution is 2.26. The van der Waals surface area contributed by atoms with Crippen LogP contribution < -0.4 is 0 Å². The van der Waals surface area contributed by atoms with Crippen molar-refractivity contribution in [2.24, 2.45) is 0 Å². The van der Waals surface area contributed by atoms with E-state index in [9.17, 15) is 10.2 Å². The minimum absolute atomic E-state index is 0.572. The monoisotopic (exact) mass is 352 g/mol. The Labute approximate surface area is 160 Å². The van der Waals surface area contributed by atoms with Crippen molar-refractivity contribution in [1.29, 1.82) is 0 Å². The smallest absolute Gasteiger partial charge is 0.218 e. The van der Waals surface area contributed by atoms with Crippen molar-refractivity contribution in [3.8, 4) is 23.7 Å². The summed E-state index contributed by atoms with van der Waals surface area (Å²) in [7, 11) is 0. The Bertz CT molecular complexity index is 958. The van der Waals surface area contributed by atoms with Gasteiger partial charge >= 0.3 is 0 Å². The quantitative estimate of drug-likeness (QED) is 0.688. The van der Waals surface area contributed by atoms with Crippen LogP contribution in [-0.2, 0) is 0 Å². The zero-order chi connectivity index (χ0) is 19.1. The fourth-order valence-corrected chi connectivity index (χ4v) is 2.63. The largest absolute Gasteiger partial charge is 0.383 e. The van der Waals surface area contributed by atoms with Gasteiger partial charge in [0.2, 0.25) is 5.60 Å². The van der Waals surface area contributed by atoms with Gasteiger partial charge in [0.15, 0.2) is 0 Å². The summed E-state index contributed by atoms with van der Waals surface area (Å²) in [5, 5.41) is 22.0. The normalized spacial score (nSPS) is 11.5. The van der Waals surface area contributed by atoms with Crippen LogP contribution in [0.4, 0.5) is 0 Å². The van der Waals surface area contributed by atoms with Crippen molar-refractivity contribution >= 4 is 0 Å². The molecule has 1 atom stereocenters. The number of aliphatic hydroxyl groups excluding tert-OH is 1. The third-order valence-electron chi connectivity index (χ3n) is 4.10. The molecular weight excluding hydrogens is 332 g/mol. The van der Waals surface area contributed by atoms with Gasteiger partial charge in [-0.2, -0.15) is 0 Å². The molecule has 0 spiro atoms. The lowest BCUT2D eigenvalue weighted by Crippen LogP contribution is -2.33. The zero-order valence-corrected chi connectivity index (χ0v) is 15.1. The first kappa shape index (κ1) is 18.5. The highest BCUT2D eigenvalue weighted by atomic mass is 16.3. The molecule has 3 aromatic rings. The molecule has 0 heterocycles. The number of aliphatic hydroxyl groups is 2. The van der Waals surface area contributed by atoms with E-state index < -0.39 is 11.7 Å². The first-order valence-corrected chi connectivity index (χ1v) is 8.70. The summed E-state index contributed by atoms with van der Waals surface area (Å²) < 4.78 is 0. The van der Waals surface area contributed by atoms with Gasteiger partial charge in [-0.3, -0.25) is 0 Å². The lowest BCUT2D eigenvalue weighted by molar-refractivity contribution is 0.00696. The van der Waals surface area contributed by atoms with E-state index in [1.54, 1.807) is 6.07 Å². The second-order valence-electron chi connectivity index (χ2n) is 6.32. The average Bonchev–Trinajstić information content (AvgIpc) is 2.72. The molecule has 132 valence electrons. The van der Waals surface area contributed by atoms with Gasteiger partial charge in [-0.25, -0.2) is 0 Å². The molecule has 0 saturated carbocycles. The van der Waals surface area contributed by atoms with Gasteiger partial charge in [0, 0.05) is 11.1 Å². The summed E-state index contributed by atoms with van der Waals surface area (Å²) >= 11 is 0. The summed E-state index contributed by atoms with van der Waals surface area (Å²) in [6, 6.07) is 26.0. The van der Waals surface area contributed by atoms with Crippen molar-refractivity contribution in [3.05, 3.63) is 107 Å². The van der Waals surface area contributed by atoms with Crippen LogP contribution in [0.2, 0.25) is 0 Å². The van der Waals surface area contributed by atoms with Crippen molar-refractivity contribution in [3.63, 3.8) is 0 Å². The summed E-state index contributed by atoms with van der Waals surface area (Å²) in [5.74, 6) is 11.4. The topological polar surface area (TPSA) is 40.5 Å². The Morgan fingerprint density at radius 3 is 1.74 bits per heavy atom. The molecule has 1 unspecified atom stereocenters. The molecule has 0 fully saturated rings. The number of aryl methyl sites for hydroxylation is 1. The molecule has 2 heteroatoms. The standard InChI is InChI=1S/C25H20O2/c1-20-9-8-14-23(19-20)24(26)25(27,17-15-21-10-4-2-5-11-21)18-16-22-12-6-3-7-13-22/h2-14,19,24,26-27H,1H3. The van der Waals surface area contributed by atoms with E-state index >= 15 is 0 Å². The summed E-state index contributed by atoms with van der Waals surface area (Å²) in [6.07, 6.45) is -1.26. The SMILES string of the molecule is Cc1cccc(C(O)C(O)(C#Cc2ccccc2)C#Cc2ccccc2)c1.